The second kappa shape index (κ2) is 5.73. The maximum Gasteiger partial charge on any atom is 0.310 e. The third-order valence-corrected chi connectivity index (χ3v) is 2.91. The second-order valence-corrected chi connectivity index (χ2v) is 4.14. The highest BCUT2D eigenvalue weighted by Crippen LogP contribution is 2.31. The summed E-state index contributed by atoms with van der Waals surface area (Å²) in [7, 11) is 1.37. The lowest BCUT2D eigenvalue weighted by Gasteiger charge is -2.19. The lowest BCUT2D eigenvalue weighted by molar-refractivity contribution is -0.145. The van der Waals surface area contributed by atoms with E-state index in [1.165, 1.54) is 7.11 Å². The van der Waals surface area contributed by atoms with Gasteiger partial charge in [-0.15, -0.1) is 0 Å². The number of carbonyl (C=O) groups excluding carboxylic acids is 1. The fourth-order valence-corrected chi connectivity index (χ4v) is 1.93. The molecule has 1 unspecified atom stereocenters. The van der Waals surface area contributed by atoms with E-state index in [0.29, 0.717) is 19.6 Å². The molecule has 1 aliphatic heterocycles. The summed E-state index contributed by atoms with van der Waals surface area (Å²) in [4.78, 5) is 11.5. The highest BCUT2D eigenvalue weighted by Gasteiger charge is 2.19. The zero-order valence-electron chi connectivity index (χ0n) is 10.3. The average molecular weight is 251 g/mol. The first-order valence-corrected chi connectivity index (χ1v) is 5.91. The fraction of sp³-hybridized carbons (Fsp3) is 0.462. The Morgan fingerprint density at radius 2 is 2.11 bits per heavy atom. The monoisotopic (exact) mass is 251 g/mol. The van der Waals surface area contributed by atoms with Crippen LogP contribution in [0.2, 0.25) is 0 Å². The van der Waals surface area contributed by atoms with Gasteiger partial charge in [0, 0.05) is 6.54 Å². The van der Waals surface area contributed by atoms with Gasteiger partial charge in [0.2, 0.25) is 0 Å². The Morgan fingerprint density at radius 3 is 2.78 bits per heavy atom. The summed E-state index contributed by atoms with van der Waals surface area (Å²) >= 11 is 0. The quantitative estimate of drug-likeness (QED) is 0.799. The summed E-state index contributed by atoms with van der Waals surface area (Å²) in [6.07, 6.45) is 0.541. The number of hydrogen-bond acceptors (Lipinski definition) is 5. The minimum Gasteiger partial charge on any atom is -0.486 e. The Kier molecular flexibility index (Phi) is 4.04. The zero-order valence-corrected chi connectivity index (χ0v) is 10.3. The maximum absolute atomic E-state index is 11.5. The van der Waals surface area contributed by atoms with Crippen molar-refractivity contribution < 1.29 is 19.0 Å². The van der Waals surface area contributed by atoms with Crippen LogP contribution in [0.4, 0.5) is 0 Å². The van der Waals surface area contributed by atoms with Crippen molar-refractivity contribution in [1.29, 1.82) is 0 Å². The number of rotatable bonds is 4. The highest BCUT2D eigenvalue weighted by atomic mass is 16.6. The topological polar surface area (TPSA) is 70.8 Å². The second-order valence-electron chi connectivity index (χ2n) is 4.14. The van der Waals surface area contributed by atoms with E-state index in [4.69, 9.17) is 19.9 Å². The molecule has 0 radical (unpaired) electrons. The predicted octanol–water partition coefficient (Wildman–Crippen LogP) is 0.748. The van der Waals surface area contributed by atoms with Crippen molar-refractivity contribution in [2.45, 2.75) is 6.42 Å². The summed E-state index contributed by atoms with van der Waals surface area (Å²) in [6.45, 7) is 1.38. The molecule has 1 aromatic rings. The van der Waals surface area contributed by atoms with Crippen LogP contribution >= 0.6 is 0 Å². The van der Waals surface area contributed by atoms with Gasteiger partial charge in [-0.1, -0.05) is 6.07 Å². The van der Waals surface area contributed by atoms with Crippen LogP contribution in [0.25, 0.3) is 0 Å². The molecule has 0 fully saturated rings. The van der Waals surface area contributed by atoms with E-state index in [0.717, 1.165) is 17.1 Å². The van der Waals surface area contributed by atoms with Crippen molar-refractivity contribution in [3.05, 3.63) is 23.8 Å². The van der Waals surface area contributed by atoms with Gasteiger partial charge in [0.05, 0.1) is 13.0 Å². The molecule has 18 heavy (non-hydrogen) atoms. The van der Waals surface area contributed by atoms with E-state index >= 15 is 0 Å². The van der Waals surface area contributed by atoms with E-state index in [9.17, 15) is 4.79 Å². The van der Waals surface area contributed by atoms with E-state index in [2.05, 4.69) is 0 Å². The molecule has 1 atom stereocenters. The van der Waals surface area contributed by atoms with Gasteiger partial charge in [-0.3, -0.25) is 4.79 Å². The minimum atomic E-state index is -0.322. The first-order chi connectivity index (χ1) is 8.74. The Hall–Kier alpha value is -1.75. The zero-order chi connectivity index (χ0) is 13.0. The summed E-state index contributed by atoms with van der Waals surface area (Å²) in [6, 6.07) is 5.66. The summed E-state index contributed by atoms with van der Waals surface area (Å²) < 4.78 is 15.6. The lowest BCUT2D eigenvalue weighted by Crippen LogP contribution is -2.26. The van der Waals surface area contributed by atoms with E-state index in [-0.39, 0.29) is 18.4 Å². The van der Waals surface area contributed by atoms with Crippen molar-refractivity contribution in [1.82, 2.24) is 0 Å². The Morgan fingerprint density at radius 1 is 1.39 bits per heavy atom. The van der Waals surface area contributed by atoms with Crippen LogP contribution in [-0.4, -0.2) is 32.8 Å². The molecule has 1 heterocycles. The van der Waals surface area contributed by atoms with Crippen LogP contribution < -0.4 is 15.2 Å². The van der Waals surface area contributed by atoms with Gasteiger partial charge in [0.25, 0.3) is 0 Å². The number of nitrogens with two attached hydrogens (primary N) is 1. The number of methoxy groups -OCH3 is 1. The fourth-order valence-electron chi connectivity index (χ4n) is 1.93. The molecule has 1 aromatic carbocycles. The van der Waals surface area contributed by atoms with Gasteiger partial charge >= 0.3 is 5.97 Å². The van der Waals surface area contributed by atoms with Crippen molar-refractivity contribution >= 4 is 5.97 Å². The normalized spacial score (nSPS) is 15.0. The summed E-state index contributed by atoms with van der Waals surface area (Å²) in [5.74, 6) is 0.858. The lowest BCUT2D eigenvalue weighted by atomic mass is 9.99. The minimum absolute atomic E-state index is 0.265. The van der Waals surface area contributed by atoms with Gasteiger partial charge in [0.15, 0.2) is 11.5 Å². The number of carbonyl (C=O) groups is 1. The summed E-state index contributed by atoms with van der Waals surface area (Å²) in [5.41, 5.74) is 6.56. The molecule has 0 amide bonds. The molecule has 98 valence electrons. The number of fused-ring (bicyclic) bond motifs is 1. The molecule has 1 aliphatic rings. The van der Waals surface area contributed by atoms with Crippen LogP contribution in [0.15, 0.2) is 18.2 Å². The molecule has 0 saturated carbocycles. The van der Waals surface area contributed by atoms with Crippen LogP contribution in [0.1, 0.15) is 5.56 Å². The predicted molar refractivity (Wildman–Crippen MR) is 65.7 cm³/mol. The van der Waals surface area contributed by atoms with Gasteiger partial charge in [0.1, 0.15) is 13.2 Å². The Balaban J connectivity index is 2.11. The van der Waals surface area contributed by atoms with Crippen LogP contribution in [0.5, 0.6) is 11.5 Å². The summed E-state index contributed by atoms with van der Waals surface area (Å²) in [5, 5.41) is 0. The Bertz CT molecular complexity index is 433. The molecule has 2 rings (SSSR count). The van der Waals surface area contributed by atoms with Gasteiger partial charge in [-0.2, -0.15) is 0 Å². The third-order valence-electron chi connectivity index (χ3n) is 2.91. The smallest absolute Gasteiger partial charge is 0.310 e. The molecule has 5 heteroatoms. The molecule has 0 aromatic heterocycles. The van der Waals surface area contributed by atoms with Gasteiger partial charge in [-0.25, -0.2) is 0 Å². The van der Waals surface area contributed by atoms with Crippen LogP contribution in [0.3, 0.4) is 0 Å². The molecule has 0 aliphatic carbocycles. The van der Waals surface area contributed by atoms with Crippen molar-refractivity contribution in [3.8, 4) is 11.5 Å². The van der Waals surface area contributed by atoms with Crippen molar-refractivity contribution in [3.63, 3.8) is 0 Å². The number of esters is 1. The highest BCUT2D eigenvalue weighted by molar-refractivity contribution is 5.73. The van der Waals surface area contributed by atoms with E-state index in [1.807, 2.05) is 18.2 Å². The molecular formula is C13H17NO4. The van der Waals surface area contributed by atoms with Gasteiger partial charge in [-0.05, 0) is 24.1 Å². The molecule has 2 N–H and O–H groups in total. The maximum atomic E-state index is 11.5. The van der Waals surface area contributed by atoms with Crippen molar-refractivity contribution in [2.24, 2.45) is 11.7 Å². The molecular weight excluding hydrogens is 234 g/mol. The molecule has 0 bridgehead atoms. The molecule has 0 saturated heterocycles. The number of benzene rings is 1. The molecule has 5 nitrogen and oxygen atoms in total. The van der Waals surface area contributed by atoms with Crippen molar-refractivity contribution in [2.75, 3.05) is 26.9 Å². The van der Waals surface area contributed by atoms with Crippen LogP contribution in [0, 0.1) is 5.92 Å². The number of ether oxygens (including phenoxy) is 3. The van der Waals surface area contributed by atoms with E-state index in [1.54, 1.807) is 0 Å². The SMILES string of the molecule is COC(=O)C(CN)Cc1ccc2c(c1)OCCO2. The van der Waals surface area contributed by atoms with Gasteiger partial charge < -0.3 is 19.9 Å². The largest absolute Gasteiger partial charge is 0.486 e. The standard InChI is InChI=1S/C13H17NO4/c1-16-13(15)10(8-14)6-9-2-3-11-12(7-9)18-5-4-17-11/h2-3,7,10H,4-6,8,14H2,1H3. The average Bonchev–Trinajstić information content (AvgIpc) is 2.43. The van der Waals surface area contributed by atoms with Crippen LogP contribution in [-0.2, 0) is 16.0 Å². The number of hydrogen-bond donors (Lipinski definition) is 1. The Labute approximate surface area is 106 Å². The first-order valence-electron chi connectivity index (χ1n) is 5.91. The first kappa shape index (κ1) is 12.7. The van der Waals surface area contributed by atoms with E-state index < -0.39 is 0 Å². The molecule has 0 spiro atoms. The third kappa shape index (κ3) is 2.73.